The maximum absolute atomic E-state index is 14.1. The van der Waals surface area contributed by atoms with Crippen LogP contribution in [0.4, 0.5) is 8.78 Å². The van der Waals surface area contributed by atoms with E-state index in [2.05, 4.69) is 6.92 Å². The van der Waals surface area contributed by atoms with E-state index in [-0.39, 0.29) is 30.8 Å². The maximum Gasteiger partial charge on any atom is 0.131 e. The highest BCUT2D eigenvalue weighted by Crippen LogP contribution is 2.37. The molecule has 130 valence electrons. The van der Waals surface area contributed by atoms with Gasteiger partial charge in [-0.1, -0.05) is 19.4 Å². The maximum atomic E-state index is 14.1. The van der Waals surface area contributed by atoms with E-state index >= 15 is 0 Å². The van der Waals surface area contributed by atoms with Crippen molar-refractivity contribution in [3.63, 3.8) is 0 Å². The van der Waals surface area contributed by atoms with Gasteiger partial charge in [-0.25, -0.2) is 8.78 Å². The van der Waals surface area contributed by atoms with E-state index in [0.29, 0.717) is 19.6 Å². The van der Waals surface area contributed by atoms with Crippen LogP contribution in [0.5, 0.6) is 0 Å². The van der Waals surface area contributed by atoms with Crippen molar-refractivity contribution in [3.8, 4) is 0 Å². The first-order chi connectivity index (χ1) is 11.0. The van der Waals surface area contributed by atoms with Crippen LogP contribution in [-0.4, -0.2) is 37.6 Å². The second-order valence-electron chi connectivity index (χ2n) is 6.14. The average molecular weight is 329 g/mol. The van der Waals surface area contributed by atoms with Crippen molar-refractivity contribution in [2.45, 2.75) is 37.8 Å². The first-order valence-corrected chi connectivity index (χ1v) is 8.05. The minimum absolute atomic E-state index is 0.0581. The molecule has 6 heteroatoms. The predicted molar refractivity (Wildman–Crippen MR) is 82.9 cm³/mol. The molecule has 1 aromatic rings. The first-order valence-electron chi connectivity index (χ1n) is 8.05. The summed E-state index contributed by atoms with van der Waals surface area (Å²) in [4.78, 5) is 0. The molecule has 0 unspecified atom stereocenters. The lowest BCUT2D eigenvalue weighted by Crippen LogP contribution is -2.55. The Balaban J connectivity index is 2.06. The zero-order valence-electron chi connectivity index (χ0n) is 13.4. The third-order valence-electron chi connectivity index (χ3n) is 4.43. The molecule has 1 aliphatic heterocycles. The molecule has 0 spiro atoms. The van der Waals surface area contributed by atoms with Crippen molar-refractivity contribution in [3.05, 3.63) is 35.4 Å². The lowest BCUT2D eigenvalue weighted by Gasteiger charge is -2.43. The van der Waals surface area contributed by atoms with Crippen LogP contribution in [-0.2, 0) is 15.0 Å². The third kappa shape index (κ3) is 4.26. The number of benzene rings is 1. The second kappa shape index (κ2) is 8.15. The molecule has 1 aromatic carbocycles. The number of hydrogen-bond donors (Lipinski definition) is 2. The molecule has 3 atom stereocenters. The van der Waals surface area contributed by atoms with E-state index in [4.69, 9.17) is 15.2 Å². The van der Waals surface area contributed by atoms with Crippen molar-refractivity contribution < 1.29 is 23.4 Å². The Kier molecular flexibility index (Phi) is 6.47. The number of aliphatic hydroxyl groups is 1. The van der Waals surface area contributed by atoms with E-state index in [0.717, 1.165) is 18.9 Å². The van der Waals surface area contributed by atoms with Gasteiger partial charge in [0.25, 0.3) is 0 Å². The predicted octanol–water partition coefficient (Wildman–Crippen LogP) is 2.33. The Morgan fingerprint density at radius 3 is 2.87 bits per heavy atom. The van der Waals surface area contributed by atoms with E-state index in [1.807, 2.05) is 0 Å². The molecule has 23 heavy (non-hydrogen) atoms. The van der Waals surface area contributed by atoms with Gasteiger partial charge in [0.2, 0.25) is 0 Å². The smallest absolute Gasteiger partial charge is 0.131 e. The van der Waals surface area contributed by atoms with E-state index in [9.17, 15) is 13.9 Å². The summed E-state index contributed by atoms with van der Waals surface area (Å²) in [5.41, 5.74) is 5.33. The third-order valence-corrected chi connectivity index (χ3v) is 4.43. The standard InChI is InChI=1S/C17H25F2NO3/c1-2-3-6-22-10-14-7-12(9-21)17(20,11-23-14)15-5-4-13(18)8-16(15)19/h4-5,8,12,14,21H,2-3,6-7,9-11,20H2,1H3/t12-,14+,17-/m0/s1. The van der Waals surface area contributed by atoms with Gasteiger partial charge in [0.1, 0.15) is 11.6 Å². The van der Waals surface area contributed by atoms with Crippen molar-refractivity contribution in [2.75, 3.05) is 26.4 Å². The van der Waals surface area contributed by atoms with E-state index in [1.165, 1.54) is 12.1 Å². The molecule has 2 rings (SSSR count). The monoisotopic (exact) mass is 329 g/mol. The normalized spacial score (nSPS) is 28.0. The molecule has 0 bridgehead atoms. The Bertz CT molecular complexity index is 515. The van der Waals surface area contributed by atoms with Crippen molar-refractivity contribution in [1.82, 2.24) is 0 Å². The Labute approximate surface area is 135 Å². The van der Waals surface area contributed by atoms with Gasteiger partial charge in [0.05, 0.1) is 24.9 Å². The molecule has 1 fully saturated rings. The molecular formula is C17H25F2NO3. The molecule has 0 amide bonds. The fraction of sp³-hybridized carbons (Fsp3) is 0.647. The van der Waals surface area contributed by atoms with Gasteiger partial charge in [-0.2, -0.15) is 0 Å². The van der Waals surface area contributed by atoms with Crippen LogP contribution in [0.25, 0.3) is 0 Å². The summed E-state index contributed by atoms with van der Waals surface area (Å²) in [6.07, 6.45) is 2.33. The molecule has 1 heterocycles. The molecular weight excluding hydrogens is 304 g/mol. The topological polar surface area (TPSA) is 64.7 Å². The summed E-state index contributed by atoms with van der Waals surface area (Å²) in [6.45, 7) is 3.05. The number of aliphatic hydroxyl groups excluding tert-OH is 1. The van der Waals surface area contributed by atoms with Crippen molar-refractivity contribution >= 4 is 0 Å². The summed E-state index contributed by atoms with van der Waals surface area (Å²) in [6, 6.07) is 3.30. The Morgan fingerprint density at radius 1 is 1.43 bits per heavy atom. The highest BCUT2D eigenvalue weighted by Gasteiger charge is 2.44. The summed E-state index contributed by atoms with van der Waals surface area (Å²) in [5, 5.41) is 9.69. The van der Waals surface area contributed by atoms with E-state index < -0.39 is 17.2 Å². The van der Waals surface area contributed by atoms with Gasteiger partial charge >= 0.3 is 0 Å². The quantitative estimate of drug-likeness (QED) is 0.754. The number of hydrogen-bond acceptors (Lipinski definition) is 4. The molecule has 0 aromatic heterocycles. The van der Waals surface area contributed by atoms with Crippen LogP contribution < -0.4 is 5.73 Å². The van der Waals surface area contributed by atoms with Gasteiger partial charge in [-0.15, -0.1) is 0 Å². The van der Waals surface area contributed by atoms with Crippen molar-refractivity contribution in [1.29, 1.82) is 0 Å². The van der Waals surface area contributed by atoms with Crippen LogP contribution in [0.1, 0.15) is 31.7 Å². The summed E-state index contributed by atoms with van der Waals surface area (Å²) < 4.78 is 38.5. The van der Waals surface area contributed by atoms with Crippen molar-refractivity contribution in [2.24, 2.45) is 11.7 Å². The minimum atomic E-state index is -1.17. The molecule has 0 radical (unpaired) electrons. The first kappa shape index (κ1) is 18.3. The lowest BCUT2D eigenvalue weighted by atomic mass is 9.75. The van der Waals surface area contributed by atoms with Gasteiger partial charge < -0.3 is 20.3 Å². The average Bonchev–Trinajstić information content (AvgIpc) is 2.52. The van der Waals surface area contributed by atoms with Crippen LogP contribution in [0.2, 0.25) is 0 Å². The fourth-order valence-corrected chi connectivity index (χ4v) is 2.95. The number of nitrogens with two attached hydrogens (primary N) is 1. The minimum Gasteiger partial charge on any atom is -0.396 e. The highest BCUT2D eigenvalue weighted by atomic mass is 19.1. The number of ether oxygens (including phenoxy) is 2. The molecule has 0 saturated carbocycles. The fourth-order valence-electron chi connectivity index (χ4n) is 2.95. The van der Waals surface area contributed by atoms with Crippen LogP contribution >= 0.6 is 0 Å². The van der Waals surface area contributed by atoms with Gasteiger partial charge in [0, 0.05) is 30.8 Å². The zero-order chi connectivity index (χ0) is 16.9. The van der Waals surface area contributed by atoms with Crippen LogP contribution in [0, 0.1) is 17.6 Å². The molecule has 4 nitrogen and oxygen atoms in total. The van der Waals surface area contributed by atoms with Gasteiger partial charge in [-0.3, -0.25) is 0 Å². The summed E-state index contributed by atoms with van der Waals surface area (Å²) in [5.74, 6) is -1.75. The number of unbranched alkanes of at least 4 members (excludes halogenated alkanes) is 1. The zero-order valence-corrected chi connectivity index (χ0v) is 13.4. The Morgan fingerprint density at radius 2 is 2.22 bits per heavy atom. The largest absolute Gasteiger partial charge is 0.396 e. The highest BCUT2D eigenvalue weighted by molar-refractivity contribution is 5.28. The number of halogens is 2. The summed E-state index contributed by atoms with van der Waals surface area (Å²) >= 11 is 0. The SMILES string of the molecule is CCCCOC[C@H]1C[C@@H](CO)[C@](N)(c2ccc(F)cc2F)CO1. The molecule has 1 saturated heterocycles. The second-order valence-corrected chi connectivity index (χ2v) is 6.14. The molecule has 1 aliphatic rings. The van der Waals surface area contributed by atoms with E-state index in [1.54, 1.807) is 0 Å². The Hall–Kier alpha value is -1.08. The lowest BCUT2D eigenvalue weighted by molar-refractivity contribution is -0.104. The van der Waals surface area contributed by atoms with Gasteiger partial charge in [-0.05, 0) is 18.9 Å². The van der Waals surface area contributed by atoms with Gasteiger partial charge in [0.15, 0.2) is 0 Å². The van der Waals surface area contributed by atoms with Crippen LogP contribution in [0.3, 0.4) is 0 Å². The summed E-state index contributed by atoms with van der Waals surface area (Å²) in [7, 11) is 0. The van der Waals surface area contributed by atoms with Crippen LogP contribution in [0.15, 0.2) is 18.2 Å². The molecule has 3 N–H and O–H groups in total. The number of rotatable bonds is 7. The molecule has 0 aliphatic carbocycles.